The van der Waals surface area contributed by atoms with Crippen molar-refractivity contribution in [3.05, 3.63) is 34.9 Å². The highest BCUT2D eigenvalue weighted by Gasteiger charge is 2.48. The smallest absolute Gasteiger partial charge is 0.342 e. The summed E-state index contributed by atoms with van der Waals surface area (Å²) in [5.74, 6) is -2.57. The van der Waals surface area contributed by atoms with Gasteiger partial charge in [-0.1, -0.05) is 26.3 Å². The van der Waals surface area contributed by atoms with Crippen LogP contribution >= 0.6 is 0 Å². The standard InChI is InChI=1S/C31H47NO11/c1-14(2)9-22(40-7)27(37)28(38)32-29(41-8)23-13-24(36)31(5,6)25(42-23)12-19(34)16(4)21-10-17-15(3)18(33)11-20(35)26(17)30(39)43-21/h11,16,19,21-25,27,29,33-37H,1,9-10,12-13H2,2-8H3,(H,32,38)/t16-,19?,21?,22?,23+,24-,25-,27?,29-/m1/s1. The summed E-state index contributed by atoms with van der Waals surface area (Å²) in [7, 11) is 2.76. The molecule has 12 nitrogen and oxygen atoms in total. The van der Waals surface area contributed by atoms with Gasteiger partial charge in [-0.3, -0.25) is 4.79 Å². The van der Waals surface area contributed by atoms with Gasteiger partial charge in [0.2, 0.25) is 0 Å². The number of cyclic esters (lactones) is 1. The predicted molar refractivity (Wildman–Crippen MR) is 155 cm³/mol. The van der Waals surface area contributed by atoms with Crippen molar-refractivity contribution in [3.63, 3.8) is 0 Å². The average Bonchev–Trinajstić information content (AvgIpc) is 2.94. The first kappa shape index (κ1) is 34.7. The van der Waals surface area contributed by atoms with E-state index in [0.29, 0.717) is 11.1 Å². The summed E-state index contributed by atoms with van der Waals surface area (Å²) in [4.78, 5) is 25.6. The number of hydrogen-bond acceptors (Lipinski definition) is 11. The van der Waals surface area contributed by atoms with E-state index in [0.717, 1.165) is 11.6 Å². The van der Waals surface area contributed by atoms with E-state index in [2.05, 4.69) is 11.9 Å². The van der Waals surface area contributed by atoms with E-state index in [4.69, 9.17) is 18.9 Å². The molecule has 0 spiro atoms. The molecule has 1 aromatic carbocycles. The third kappa shape index (κ3) is 7.50. The molecule has 4 unspecified atom stereocenters. The zero-order valence-electron chi connectivity index (χ0n) is 26.0. The third-order valence-corrected chi connectivity index (χ3v) is 9.02. The number of phenolic OH excluding ortho intramolecular Hbond substituents is 2. The number of hydrogen-bond donors (Lipinski definition) is 6. The van der Waals surface area contributed by atoms with Gasteiger partial charge in [-0.25, -0.2) is 4.79 Å². The number of ether oxygens (including phenoxy) is 4. The molecule has 43 heavy (non-hydrogen) atoms. The van der Waals surface area contributed by atoms with Crippen molar-refractivity contribution in [3.8, 4) is 11.5 Å². The number of aliphatic hydroxyl groups is 3. The van der Waals surface area contributed by atoms with Gasteiger partial charge >= 0.3 is 5.97 Å². The van der Waals surface area contributed by atoms with E-state index in [1.54, 1.807) is 20.8 Å². The molecule has 2 aliphatic rings. The lowest BCUT2D eigenvalue weighted by atomic mass is 9.73. The lowest BCUT2D eigenvalue weighted by Crippen LogP contribution is -2.59. The molecule has 0 saturated carbocycles. The van der Waals surface area contributed by atoms with Crippen molar-refractivity contribution >= 4 is 11.9 Å². The van der Waals surface area contributed by atoms with Gasteiger partial charge in [0.15, 0.2) is 12.3 Å². The second-order valence-corrected chi connectivity index (χ2v) is 12.5. The number of carbonyl (C=O) groups excluding carboxylic acids is 2. The number of esters is 1. The molecule has 1 saturated heterocycles. The molecule has 9 atom stereocenters. The van der Waals surface area contributed by atoms with Gasteiger partial charge in [0.1, 0.15) is 29.3 Å². The first-order chi connectivity index (χ1) is 20.0. The van der Waals surface area contributed by atoms with E-state index < -0.39 is 72.2 Å². The van der Waals surface area contributed by atoms with E-state index in [1.165, 1.54) is 14.2 Å². The van der Waals surface area contributed by atoms with Crippen LogP contribution in [0.5, 0.6) is 11.5 Å². The molecule has 1 amide bonds. The molecule has 1 fully saturated rings. The van der Waals surface area contributed by atoms with Crippen molar-refractivity contribution in [1.82, 2.24) is 5.32 Å². The maximum Gasteiger partial charge on any atom is 0.342 e. The Hall–Kier alpha value is -2.74. The van der Waals surface area contributed by atoms with Gasteiger partial charge in [0.05, 0.1) is 24.4 Å². The topological polar surface area (TPSA) is 184 Å². The normalized spacial score (nSPS) is 26.8. The summed E-state index contributed by atoms with van der Waals surface area (Å²) in [6.07, 6.45) is -6.89. The summed E-state index contributed by atoms with van der Waals surface area (Å²) in [5.41, 5.74) is 0.851. The van der Waals surface area contributed by atoms with Gasteiger partial charge in [0.25, 0.3) is 5.91 Å². The number of rotatable bonds is 12. The van der Waals surface area contributed by atoms with Crippen molar-refractivity contribution in [1.29, 1.82) is 0 Å². The van der Waals surface area contributed by atoms with Crippen LogP contribution in [0.4, 0.5) is 0 Å². The fourth-order valence-corrected chi connectivity index (χ4v) is 5.80. The van der Waals surface area contributed by atoms with Gasteiger partial charge in [-0.2, -0.15) is 0 Å². The second-order valence-electron chi connectivity index (χ2n) is 12.5. The molecule has 0 aromatic heterocycles. The Morgan fingerprint density at radius 1 is 1.19 bits per heavy atom. The molecular weight excluding hydrogens is 562 g/mol. The Morgan fingerprint density at radius 2 is 1.84 bits per heavy atom. The van der Waals surface area contributed by atoms with Crippen LogP contribution < -0.4 is 5.32 Å². The Balaban J connectivity index is 1.73. The molecule has 242 valence electrons. The second kappa shape index (κ2) is 13.9. The highest BCUT2D eigenvalue weighted by Crippen LogP contribution is 2.42. The maximum atomic E-state index is 12.9. The number of fused-ring (bicyclic) bond motifs is 1. The van der Waals surface area contributed by atoms with Gasteiger partial charge in [-0.15, -0.1) is 6.58 Å². The summed E-state index contributed by atoms with van der Waals surface area (Å²) < 4.78 is 22.7. The van der Waals surface area contributed by atoms with Crippen LogP contribution in [0.25, 0.3) is 0 Å². The molecule has 6 N–H and O–H groups in total. The molecule has 2 heterocycles. The number of nitrogens with one attached hydrogen (secondary N) is 1. The minimum Gasteiger partial charge on any atom is -0.508 e. The third-order valence-electron chi connectivity index (χ3n) is 9.02. The Morgan fingerprint density at radius 3 is 2.42 bits per heavy atom. The van der Waals surface area contributed by atoms with Gasteiger partial charge < -0.3 is 49.8 Å². The van der Waals surface area contributed by atoms with Crippen LogP contribution in [0, 0.1) is 18.3 Å². The number of methoxy groups -OCH3 is 2. The highest BCUT2D eigenvalue weighted by atomic mass is 16.6. The molecule has 2 aliphatic heterocycles. The lowest BCUT2D eigenvalue weighted by Gasteiger charge is -2.48. The van der Waals surface area contributed by atoms with Crippen LogP contribution in [0.3, 0.4) is 0 Å². The van der Waals surface area contributed by atoms with Crippen molar-refractivity contribution in [2.75, 3.05) is 14.2 Å². The van der Waals surface area contributed by atoms with E-state index in [9.17, 15) is 35.1 Å². The molecule has 1 aromatic rings. The Labute approximate surface area is 252 Å². The average molecular weight is 610 g/mol. The highest BCUT2D eigenvalue weighted by molar-refractivity contribution is 5.96. The molecule has 0 aliphatic carbocycles. The minimum atomic E-state index is -1.50. The van der Waals surface area contributed by atoms with Crippen molar-refractivity contribution in [2.24, 2.45) is 11.3 Å². The van der Waals surface area contributed by atoms with Crippen LogP contribution in [-0.2, 0) is 30.2 Å². The van der Waals surface area contributed by atoms with E-state index in [-0.39, 0.29) is 42.7 Å². The number of aliphatic hydroxyl groups excluding tert-OH is 3. The molecule has 3 rings (SSSR count). The number of amides is 1. The number of carbonyl (C=O) groups is 2. The fraction of sp³-hybridized carbons (Fsp3) is 0.677. The zero-order chi connectivity index (χ0) is 32.4. The molecule has 0 bridgehead atoms. The van der Waals surface area contributed by atoms with E-state index >= 15 is 0 Å². The summed E-state index contributed by atoms with van der Waals surface area (Å²) in [5, 5.41) is 56.0. The fourth-order valence-electron chi connectivity index (χ4n) is 5.80. The molecular formula is C31H47NO11. The maximum absolute atomic E-state index is 12.9. The van der Waals surface area contributed by atoms with Crippen LogP contribution in [0.1, 0.15) is 68.4 Å². The molecule has 0 radical (unpaired) electrons. The van der Waals surface area contributed by atoms with Crippen LogP contribution in [-0.4, -0.2) is 101 Å². The molecule has 12 heteroatoms. The minimum absolute atomic E-state index is 0.00479. The Kier molecular flexibility index (Phi) is 11.2. The first-order valence-corrected chi connectivity index (χ1v) is 14.5. The summed E-state index contributed by atoms with van der Waals surface area (Å²) in [6, 6.07) is 1.10. The largest absolute Gasteiger partial charge is 0.508 e. The lowest BCUT2D eigenvalue weighted by molar-refractivity contribution is -0.217. The van der Waals surface area contributed by atoms with E-state index in [1.807, 2.05) is 13.8 Å². The van der Waals surface area contributed by atoms with Crippen LogP contribution in [0.15, 0.2) is 18.2 Å². The number of phenols is 2. The quantitative estimate of drug-likeness (QED) is 0.115. The number of benzene rings is 1. The summed E-state index contributed by atoms with van der Waals surface area (Å²) in [6.45, 7) is 12.6. The first-order valence-electron chi connectivity index (χ1n) is 14.5. The predicted octanol–water partition coefficient (Wildman–Crippen LogP) is 1.85. The van der Waals surface area contributed by atoms with Crippen LogP contribution in [0.2, 0.25) is 0 Å². The van der Waals surface area contributed by atoms with Crippen molar-refractivity contribution in [2.45, 2.75) is 109 Å². The summed E-state index contributed by atoms with van der Waals surface area (Å²) >= 11 is 0. The van der Waals surface area contributed by atoms with Crippen molar-refractivity contribution < 1.29 is 54.1 Å². The number of aromatic hydroxyl groups is 2. The van der Waals surface area contributed by atoms with Gasteiger partial charge in [-0.05, 0) is 31.4 Å². The van der Waals surface area contributed by atoms with Gasteiger partial charge in [0, 0.05) is 50.9 Å². The monoisotopic (exact) mass is 609 g/mol. The SMILES string of the molecule is C=C(C)CC(OC)C(O)C(=O)N[C@H](OC)[C@@H]1C[C@@H](O)C(C)(C)[C@@H](CC(O)[C@@H](C)C2Cc3c(C)c(O)cc(O)c3C(=O)O2)O1. The zero-order valence-corrected chi connectivity index (χ0v) is 26.0. The Bertz CT molecular complexity index is 1180.